The zero-order valence-corrected chi connectivity index (χ0v) is 22.4. The molecule has 0 atom stereocenters. The standard InChI is InChI=1S/C25H21IN4O3S2/c26-19-4-1-17(2-5-19)16-34-25-28-21-7-6-20(14-24(21)35-25)27-15-18-3-8-22(23(13-18)30(31)32)29-9-11-33-12-10-29/h1-8,13-15H,9-12,16H2. The van der Waals surface area contributed by atoms with Crippen LogP contribution in [-0.4, -0.2) is 42.4 Å². The van der Waals surface area contributed by atoms with Gasteiger partial charge in [0.15, 0.2) is 4.34 Å². The molecule has 0 N–H and O–H groups in total. The number of thiazole rings is 1. The number of morpholine rings is 1. The highest BCUT2D eigenvalue weighted by Gasteiger charge is 2.21. The van der Waals surface area contributed by atoms with E-state index in [0.29, 0.717) is 37.6 Å². The Morgan fingerprint density at radius 2 is 1.94 bits per heavy atom. The average molecular weight is 617 g/mol. The van der Waals surface area contributed by atoms with E-state index in [4.69, 9.17) is 9.72 Å². The van der Waals surface area contributed by atoms with Gasteiger partial charge in [0.1, 0.15) is 5.69 Å². The number of rotatable bonds is 7. The molecule has 1 fully saturated rings. The Bertz CT molecular complexity index is 1390. The highest BCUT2D eigenvalue weighted by Crippen LogP contribution is 2.34. The summed E-state index contributed by atoms with van der Waals surface area (Å²) in [5.41, 5.74) is 4.40. The molecule has 4 aromatic rings. The lowest BCUT2D eigenvalue weighted by atomic mass is 10.1. The molecule has 35 heavy (non-hydrogen) atoms. The first kappa shape index (κ1) is 24.2. The summed E-state index contributed by atoms with van der Waals surface area (Å²) < 4.78 is 8.68. The Kier molecular flexibility index (Phi) is 7.61. The quantitative estimate of drug-likeness (QED) is 0.0757. The lowest BCUT2D eigenvalue weighted by Crippen LogP contribution is -2.36. The lowest BCUT2D eigenvalue weighted by Gasteiger charge is -2.28. The third-order valence-corrected chi connectivity index (χ3v) is 8.49. The average Bonchev–Trinajstić information content (AvgIpc) is 3.30. The second-order valence-corrected chi connectivity index (χ2v) is 11.4. The molecule has 1 aliphatic heterocycles. The molecular weight excluding hydrogens is 595 g/mol. The van der Waals surface area contributed by atoms with Gasteiger partial charge in [-0.3, -0.25) is 15.1 Å². The highest BCUT2D eigenvalue weighted by atomic mass is 127. The molecular formula is C25H21IN4O3S2. The third-order valence-electron chi connectivity index (χ3n) is 5.54. The smallest absolute Gasteiger partial charge is 0.293 e. The van der Waals surface area contributed by atoms with Crippen molar-refractivity contribution in [1.82, 2.24) is 4.98 Å². The number of ether oxygens (including phenoxy) is 1. The Morgan fingerprint density at radius 3 is 2.71 bits per heavy atom. The fourth-order valence-corrected chi connectivity index (χ4v) is 6.16. The van der Waals surface area contributed by atoms with Gasteiger partial charge in [-0.05, 0) is 70.1 Å². The molecule has 178 valence electrons. The molecule has 2 heterocycles. The highest BCUT2D eigenvalue weighted by molar-refractivity contribution is 14.1. The van der Waals surface area contributed by atoms with Crippen LogP contribution in [0.25, 0.3) is 10.2 Å². The Balaban J connectivity index is 1.31. The summed E-state index contributed by atoms with van der Waals surface area (Å²) in [6, 6.07) is 19.7. The van der Waals surface area contributed by atoms with E-state index in [1.54, 1.807) is 41.4 Å². The number of benzene rings is 3. The number of halogens is 1. The molecule has 0 aliphatic carbocycles. The summed E-state index contributed by atoms with van der Waals surface area (Å²) >= 11 is 5.69. The number of hydrogen-bond acceptors (Lipinski definition) is 8. The monoisotopic (exact) mass is 616 g/mol. The number of thioether (sulfide) groups is 1. The summed E-state index contributed by atoms with van der Waals surface area (Å²) in [4.78, 5) is 22.7. The van der Waals surface area contributed by atoms with Crippen molar-refractivity contribution in [1.29, 1.82) is 0 Å². The van der Waals surface area contributed by atoms with Gasteiger partial charge < -0.3 is 9.64 Å². The SMILES string of the molecule is O=[N+]([O-])c1cc(C=Nc2ccc3nc(SCc4ccc(I)cc4)sc3c2)ccc1N1CCOCC1. The third kappa shape index (κ3) is 6.00. The van der Waals surface area contributed by atoms with Crippen molar-refractivity contribution in [2.75, 3.05) is 31.2 Å². The number of nitrogens with zero attached hydrogens (tertiary/aromatic N) is 4. The van der Waals surface area contributed by atoms with Crippen molar-refractivity contribution in [2.24, 2.45) is 4.99 Å². The number of anilines is 1. The van der Waals surface area contributed by atoms with E-state index in [1.165, 1.54) is 9.13 Å². The molecule has 1 aromatic heterocycles. The molecule has 0 unspecified atom stereocenters. The maximum atomic E-state index is 11.7. The van der Waals surface area contributed by atoms with Gasteiger partial charge >= 0.3 is 0 Å². The second-order valence-electron chi connectivity index (χ2n) is 7.91. The van der Waals surface area contributed by atoms with Crippen LogP contribution in [0.5, 0.6) is 0 Å². The first-order valence-electron chi connectivity index (χ1n) is 11.0. The first-order valence-corrected chi connectivity index (χ1v) is 13.9. The van der Waals surface area contributed by atoms with Crippen LogP contribution in [0.15, 0.2) is 70.0 Å². The fourth-order valence-electron chi connectivity index (χ4n) is 3.75. The molecule has 0 saturated carbocycles. The topological polar surface area (TPSA) is 80.9 Å². The number of aromatic nitrogens is 1. The van der Waals surface area contributed by atoms with Gasteiger partial charge in [0.05, 0.1) is 34.0 Å². The van der Waals surface area contributed by atoms with Gasteiger partial charge in [0.2, 0.25) is 0 Å². The van der Waals surface area contributed by atoms with Gasteiger partial charge in [-0.2, -0.15) is 0 Å². The normalized spacial score (nSPS) is 14.1. The Hall–Kier alpha value is -2.54. The van der Waals surface area contributed by atoms with Crippen molar-refractivity contribution in [3.8, 4) is 0 Å². The van der Waals surface area contributed by atoms with Crippen molar-refractivity contribution >= 4 is 79.2 Å². The van der Waals surface area contributed by atoms with Crippen LogP contribution in [0.1, 0.15) is 11.1 Å². The van der Waals surface area contributed by atoms with Crippen molar-refractivity contribution in [2.45, 2.75) is 10.1 Å². The van der Waals surface area contributed by atoms with E-state index < -0.39 is 0 Å². The summed E-state index contributed by atoms with van der Waals surface area (Å²) in [7, 11) is 0. The molecule has 3 aromatic carbocycles. The van der Waals surface area contributed by atoms with Gasteiger partial charge in [-0.25, -0.2) is 4.98 Å². The largest absolute Gasteiger partial charge is 0.378 e. The van der Waals surface area contributed by atoms with Crippen LogP contribution in [0.2, 0.25) is 0 Å². The van der Waals surface area contributed by atoms with Crippen LogP contribution >= 0.6 is 45.7 Å². The maximum Gasteiger partial charge on any atom is 0.293 e. The molecule has 10 heteroatoms. The Labute approximate surface area is 224 Å². The molecule has 7 nitrogen and oxygen atoms in total. The van der Waals surface area contributed by atoms with E-state index in [-0.39, 0.29) is 10.6 Å². The van der Waals surface area contributed by atoms with Gasteiger partial charge in [0, 0.05) is 34.7 Å². The molecule has 1 saturated heterocycles. The van der Waals surface area contributed by atoms with E-state index >= 15 is 0 Å². The van der Waals surface area contributed by atoms with Crippen LogP contribution in [-0.2, 0) is 10.5 Å². The zero-order valence-electron chi connectivity index (χ0n) is 18.6. The maximum absolute atomic E-state index is 11.7. The van der Waals surface area contributed by atoms with Crippen LogP contribution in [0.3, 0.4) is 0 Å². The molecule has 0 spiro atoms. The molecule has 5 rings (SSSR count). The van der Waals surface area contributed by atoms with E-state index in [2.05, 4.69) is 51.8 Å². The summed E-state index contributed by atoms with van der Waals surface area (Å²) in [6.07, 6.45) is 1.67. The predicted octanol–water partition coefficient (Wildman–Crippen LogP) is 6.69. The molecule has 1 aliphatic rings. The van der Waals surface area contributed by atoms with Crippen molar-refractivity contribution in [3.05, 3.63) is 85.5 Å². The number of nitro benzene ring substituents is 1. The van der Waals surface area contributed by atoms with Crippen LogP contribution in [0.4, 0.5) is 17.1 Å². The minimum atomic E-state index is -0.332. The van der Waals surface area contributed by atoms with E-state index in [1.807, 2.05) is 29.2 Å². The van der Waals surface area contributed by atoms with Crippen LogP contribution < -0.4 is 4.90 Å². The number of aliphatic imine (C=N–C) groups is 1. The molecule has 0 bridgehead atoms. The minimum Gasteiger partial charge on any atom is -0.378 e. The molecule has 0 radical (unpaired) electrons. The van der Waals surface area contributed by atoms with Crippen molar-refractivity contribution < 1.29 is 9.66 Å². The van der Waals surface area contributed by atoms with Gasteiger partial charge in [-0.1, -0.05) is 30.0 Å². The minimum absolute atomic E-state index is 0.0866. The second kappa shape index (κ2) is 11.0. The van der Waals surface area contributed by atoms with E-state index in [0.717, 1.165) is 26.0 Å². The lowest BCUT2D eigenvalue weighted by molar-refractivity contribution is -0.384. The zero-order chi connectivity index (χ0) is 24.2. The predicted molar refractivity (Wildman–Crippen MR) is 152 cm³/mol. The van der Waals surface area contributed by atoms with Gasteiger partial charge in [0.25, 0.3) is 5.69 Å². The summed E-state index contributed by atoms with van der Waals surface area (Å²) in [5, 5.41) is 11.7. The van der Waals surface area contributed by atoms with Crippen molar-refractivity contribution in [3.63, 3.8) is 0 Å². The summed E-state index contributed by atoms with van der Waals surface area (Å²) in [6.45, 7) is 2.45. The number of nitro groups is 1. The molecule has 0 amide bonds. The first-order chi connectivity index (χ1) is 17.0. The number of fused-ring (bicyclic) bond motifs is 1. The summed E-state index contributed by atoms with van der Waals surface area (Å²) in [5.74, 6) is 0.876. The van der Waals surface area contributed by atoms with Gasteiger partial charge in [-0.15, -0.1) is 11.3 Å². The van der Waals surface area contributed by atoms with Crippen LogP contribution in [0, 0.1) is 13.7 Å². The van der Waals surface area contributed by atoms with E-state index in [9.17, 15) is 10.1 Å². The Morgan fingerprint density at radius 1 is 1.14 bits per heavy atom. The fraction of sp³-hybridized carbons (Fsp3) is 0.200. The number of hydrogen-bond donors (Lipinski definition) is 0.